The van der Waals surface area contributed by atoms with Gasteiger partial charge in [0, 0.05) is 6.07 Å². The van der Waals surface area contributed by atoms with Gasteiger partial charge in [0.1, 0.15) is 5.82 Å². The molecule has 0 saturated heterocycles. The SMILES string of the molecule is COc1cc(C)c(S(=O)(=O)Nc2cc(-n3nnnc3C)ccc2F)cc1OC. The fourth-order valence-electron chi connectivity index (χ4n) is 2.64. The molecule has 0 spiro atoms. The number of tetrazole rings is 1. The highest BCUT2D eigenvalue weighted by atomic mass is 32.2. The molecule has 148 valence electrons. The summed E-state index contributed by atoms with van der Waals surface area (Å²) in [6.45, 7) is 3.27. The van der Waals surface area contributed by atoms with Gasteiger partial charge in [0.2, 0.25) is 0 Å². The van der Waals surface area contributed by atoms with Crippen molar-refractivity contribution in [3.63, 3.8) is 0 Å². The average molecular weight is 407 g/mol. The van der Waals surface area contributed by atoms with Gasteiger partial charge in [-0.15, -0.1) is 5.10 Å². The zero-order valence-corrected chi connectivity index (χ0v) is 16.4. The van der Waals surface area contributed by atoms with Crippen LogP contribution in [0.3, 0.4) is 0 Å². The van der Waals surface area contributed by atoms with E-state index in [1.807, 2.05) is 0 Å². The number of aryl methyl sites for hydroxylation is 2. The molecule has 3 aromatic rings. The van der Waals surface area contributed by atoms with Gasteiger partial charge in [-0.05, 0) is 54.1 Å². The topological polar surface area (TPSA) is 108 Å². The molecule has 0 saturated carbocycles. The number of hydrogen-bond acceptors (Lipinski definition) is 7. The maximum atomic E-state index is 14.3. The molecule has 0 aliphatic rings. The van der Waals surface area contributed by atoms with Gasteiger partial charge in [-0.25, -0.2) is 12.8 Å². The summed E-state index contributed by atoms with van der Waals surface area (Å²) < 4.78 is 54.0. The summed E-state index contributed by atoms with van der Waals surface area (Å²) in [4.78, 5) is -0.0615. The molecule has 0 atom stereocenters. The van der Waals surface area contributed by atoms with E-state index < -0.39 is 15.8 Å². The van der Waals surface area contributed by atoms with Crippen molar-refractivity contribution in [1.82, 2.24) is 20.2 Å². The number of ether oxygens (including phenoxy) is 2. The summed E-state index contributed by atoms with van der Waals surface area (Å²) >= 11 is 0. The van der Waals surface area contributed by atoms with E-state index in [1.165, 1.54) is 43.2 Å². The van der Waals surface area contributed by atoms with Gasteiger partial charge >= 0.3 is 0 Å². The third kappa shape index (κ3) is 3.60. The molecule has 1 heterocycles. The van der Waals surface area contributed by atoms with Crippen LogP contribution in [-0.4, -0.2) is 42.8 Å². The Bertz CT molecular complexity index is 1130. The third-order valence-corrected chi connectivity index (χ3v) is 5.54. The monoisotopic (exact) mass is 407 g/mol. The number of aromatic nitrogens is 4. The van der Waals surface area contributed by atoms with Crippen molar-refractivity contribution < 1.29 is 22.3 Å². The minimum atomic E-state index is -4.11. The summed E-state index contributed by atoms with van der Waals surface area (Å²) in [6, 6.07) is 6.74. The van der Waals surface area contributed by atoms with Gasteiger partial charge < -0.3 is 9.47 Å². The van der Waals surface area contributed by atoms with E-state index in [-0.39, 0.29) is 16.3 Å². The van der Waals surface area contributed by atoms with E-state index in [0.717, 1.165) is 6.07 Å². The summed E-state index contributed by atoms with van der Waals surface area (Å²) in [6.07, 6.45) is 0. The Hall–Kier alpha value is -3.21. The van der Waals surface area contributed by atoms with Crippen LogP contribution in [-0.2, 0) is 10.0 Å². The number of nitrogens with one attached hydrogen (secondary N) is 1. The molecule has 2 aromatic carbocycles. The van der Waals surface area contributed by atoms with Crippen molar-refractivity contribution in [2.75, 3.05) is 18.9 Å². The van der Waals surface area contributed by atoms with Crippen LogP contribution >= 0.6 is 0 Å². The molecule has 0 aliphatic carbocycles. The zero-order valence-electron chi connectivity index (χ0n) is 15.6. The summed E-state index contributed by atoms with van der Waals surface area (Å²) in [5, 5.41) is 11.1. The van der Waals surface area contributed by atoms with E-state index in [4.69, 9.17) is 9.47 Å². The molecule has 0 radical (unpaired) electrons. The molecular formula is C17H18FN5O4S. The van der Waals surface area contributed by atoms with Crippen molar-refractivity contribution >= 4 is 15.7 Å². The first-order valence-electron chi connectivity index (χ1n) is 8.07. The van der Waals surface area contributed by atoms with Crippen LogP contribution in [0.1, 0.15) is 11.4 Å². The second-order valence-corrected chi connectivity index (χ2v) is 7.53. The van der Waals surface area contributed by atoms with Crippen molar-refractivity contribution in [3.8, 4) is 17.2 Å². The number of halogens is 1. The first kappa shape index (κ1) is 19.5. The first-order valence-corrected chi connectivity index (χ1v) is 9.55. The van der Waals surface area contributed by atoms with Gasteiger partial charge in [0.05, 0.1) is 30.5 Å². The van der Waals surface area contributed by atoms with E-state index in [0.29, 0.717) is 22.8 Å². The van der Waals surface area contributed by atoms with Gasteiger partial charge in [-0.1, -0.05) is 0 Å². The Morgan fingerprint density at radius 1 is 1.07 bits per heavy atom. The van der Waals surface area contributed by atoms with Gasteiger partial charge in [0.25, 0.3) is 10.0 Å². The maximum Gasteiger partial charge on any atom is 0.262 e. The largest absolute Gasteiger partial charge is 0.493 e. The molecular weight excluding hydrogens is 389 g/mol. The molecule has 0 aliphatic heterocycles. The van der Waals surface area contributed by atoms with Crippen molar-refractivity contribution in [2.24, 2.45) is 0 Å². The minimum absolute atomic E-state index is 0.0615. The highest BCUT2D eigenvalue weighted by molar-refractivity contribution is 7.92. The quantitative estimate of drug-likeness (QED) is 0.667. The molecule has 0 amide bonds. The number of nitrogens with zero attached hydrogens (tertiary/aromatic N) is 4. The summed E-state index contributed by atoms with van der Waals surface area (Å²) in [5.74, 6) is 0.362. The van der Waals surface area contributed by atoms with Crippen LogP contribution in [0.25, 0.3) is 5.69 Å². The number of methoxy groups -OCH3 is 2. The predicted molar refractivity (Wildman–Crippen MR) is 98.9 cm³/mol. The minimum Gasteiger partial charge on any atom is -0.493 e. The molecule has 11 heteroatoms. The summed E-state index contributed by atoms with van der Waals surface area (Å²) in [5.41, 5.74) is 0.588. The van der Waals surface area contributed by atoms with Crippen LogP contribution < -0.4 is 14.2 Å². The second-order valence-electron chi connectivity index (χ2n) is 5.88. The molecule has 0 unspecified atom stereocenters. The zero-order chi connectivity index (χ0) is 20.5. The Morgan fingerprint density at radius 2 is 1.75 bits per heavy atom. The smallest absolute Gasteiger partial charge is 0.262 e. The lowest BCUT2D eigenvalue weighted by Gasteiger charge is -2.15. The van der Waals surface area contributed by atoms with Crippen LogP contribution in [0.4, 0.5) is 10.1 Å². The normalized spacial score (nSPS) is 11.3. The fourth-order valence-corrected chi connectivity index (χ4v) is 3.95. The lowest BCUT2D eigenvalue weighted by atomic mass is 10.2. The van der Waals surface area contributed by atoms with Crippen molar-refractivity contribution in [2.45, 2.75) is 18.7 Å². The van der Waals surface area contributed by atoms with E-state index in [2.05, 4.69) is 20.2 Å². The standard InChI is InChI=1S/C17H18FN5O4S/c1-10-7-15(26-3)16(27-4)9-17(10)28(24,25)20-14-8-12(5-6-13(14)18)23-11(2)19-21-22-23/h5-9,20H,1-4H3. The highest BCUT2D eigenvalue weighted by Crippen LogP contribution is 2.33. The Morgan fingerprint density at radius 3 is 2.36 bits per heavy atom. The number of benzene rings is 2. The molecule has 1 aromatic heterocycles. The Kier molecular flexibility index (Phi) is 5.18. The van der Waals surface area contributed by atoms with Crippen LogP contribution in [0.2, 0.25) is 0 Å². The van der Waals surface area contributed by atoms with E-state index in [1.54, 1.807) is 13.8 Å². The molecule has 28 heavy (non-hydrogen) atoms. The van der Waals surface area contributed by atoms with Crippen LogP contribution in [0, 0.1) is 19.7 Å². The number of sulfonamides is 1. The lowest BCUT2D eigenvalue weighted by Crippen LogP contribution is -2.16. The van der Waals surface area contributed by atoms with Gasteiger partial charge in [0.15, 0.2) is 17.3 Å². The Balaban J connectivity index is 2.03. The van der Waals surface area contributed by atoms with Gasteiger partial charge in [-0.3, -0.25) is 4.72 Å². The average Bonchev–Trinajstić information content (AvgIpc) is 3.08. The van der Waals surface area contributed by atoms with Crippen LogP contribution in [0.15, 0.2) is 35.2 Å². The van der Waals surface area contributed by atoms with E-state index >= 15 is 0 Å². The van der Waals surface area contributed by atoms with Gasteiger partial charge in [-0.2, -0.15) is 4.68 Å². The second kappa shape index (κ2) is 7.43. The lowest BCUT2D eigenvalue weighted by molar-refractivity contribution is 0.353. The van der Waals surface area contributed by atoms with E-state index in [9.17, 15) is 12.8 Å². The third-order valence-electron chi connectivity index (χ3n) is 4.03. The number of rotatable bonds is 6. The predicted octanol–water partition coefficient (Wildman–Crippen LogP) is 2.24. The molecule has 3 rings (SSSR count). The van der Waals surface area contributed by atoms with Crippen LogP contribution in [0.5, 0.6) is 11.5 Å². The van der Waals surface area contributed by atoms with Crippen molar-refractivity contribution in [1.29, 1.82) is 0 Å². The maximum absolute atomic E-state index is 14.3. The summed E-state index contributed by atoms with van der Waals surface area (Å²) in [7, 11) is -1.26. The fraction of sp³-hybridized carbons (Fsp3) is 0.235. The number of hydrogen-bond donors (Lipinski definition) is 1. The Labute approximate surface area is 161 Å². The highest BCUT2D eigenvalue weighted by Gasteiger charge is 2.22. The number of anilines is 1. The molecule has 1 N–H and O–H groups in total. The molecule has 0 bridgehead atoms. The first-order chi connectivity index (χ1) is 13.3. The molecule has 9 nitrogen and oxygen atoms in total. The van der Waals surface area contributed by atoms with Crippen molar-refractivity contribution in [3.05, 3.63) is 47.5 Å². The molecule has 0 fully saturated rings.